The molecule has 3 heteroatoms. The van der Waals surface area contributed by atoms with E-state index in [2.05, 4.69) is 0 Å². The van der Waals surface area contributed by atoms with E-state index in [0.717, 1.165) is 5.56 Å². The van der Waals surface area contributed by atoms with Crippen molar-refractivity contribution in [1.29, 1.82) is 0 Å². The van der Waals surface area contributed by atoms with Crippen LogP contribution in [0.5, 0.6) is 0 Å². The van der Waals surface area contributed by atoms with Crippen LogP contribution in [0.3, 0.4) is 0 Å². The zero-order chi connectivity index (χ0) is 12.1. The Bertz CT molecular complexity index is 374. The van der Waals surface area contributed by atoms with Crippen LogP contribution in [0.1, 0.15) is 29.3 Å². The molecule has 88 valence electrons. The third-order valence-electron chi connectivity index (χ3n) is 2.59. The maximum absolute atomic E-state index is 13.5. The van der Waals surface area contributed by atoms with Gasteiger partial charge >= 0.3 is 0 Å². The normalized spacial score (nSPS) is 12.5. The molecule has 0 aromatic heterocycles. The molecule has 0 amide bonds. The number of aryl methyl sites for hydroxylation is 1. The smallest absolute Gasteiger partial charge is 0.168 e. The van der Waals surface area contributed by atoms with Gasteiger partial charge in [0.15, 0.2) is 5.78 Å². The van der Waals surface area contributed by atoms with Gasteiger partial charge in [-0.25, -0.2) is 4.39 Å². The fourth-order valence-electron chi connectivity index (χ4n) is 1.52. The van der Waals surface area contributed by atoms with E-state index in [-0.39, 0.29) is 17.3 Å². The fourth-order valence-corrected chi connectivity index (χ4v) is 1.52. The quantitative estimate of drug-likeness (QED) is 0.719. The minimum Gasteiger partial charge on any atom is -0.385 e. The predicted octanol–water partition coefficient (Wildman–Crippen LogP) is 2.99. The lowest BCUT2D eigenvalue weighted by Gasteiger charge is -2.10. The molecule has 1 rings (SSSR count). The van der Waals surface area contributed by atoms with E-state index in [4.69, 9.17) is 4.74 Å². The van der Waals surface area contributed by atoms with Crippen molar-refractivity contribution in [1.82, 2.24) is 0 Å². The third kappa shape index (κ3) is 3.14. The summed E-state index contributed by atoms with van der Waals surface area (Å²) in [5.74, 6) is -0.811. The molecule has 0 aliphatic heterocycles. The van der Waals surface area contributed by atoms with E-state index in [9.17, 15) is 9.18 Å². The number of Topliss-reactive ketones (excluding diaryl/α,β-unsaturated/α-hetero) is 1. The zero-order valence-electron chi connectivity index (χ0n) is 9.92. The van der Waals surface area contributed by atoms with E-state index in [1.54, 1.807) is 26.2 Å². The van der Waals surface area contributed by atoms with E-state index in [1.807, 2.05) is 6.92 Å². The number of ketones is 1. The first-order chi connectivity index (χ1) is 7.56. The number of hydrogen-bond acceptors (Lipinski definition) is 2. The van der Waals surface area contributed by atoms with E-state index >= 15 is 0 Å². The van der Waals surface area contributed by atoms with E-state index in [0.29, 0.717) is 13.0 Å². The number of rotatable bonds is 5. The number of benzene rings is 1. The van der Waals surface area contributed by atoms with Gasteiger partial charge in [0.25, 0.3) is 0 Å². The SMILES string of the molecule is COCCC(C)C(=O)c1cc(C)ccc1F. The van der Waals surface area contributed by atoms with Crippen LogP contribution < -0.4 is 0 Å². The standard InChI is InChI=1S/C13H17FO2/c1-9-4-5-12(14)11(8-9)13(15)10(2)6-7-16-3/h4-5,8,10H,6-7H2,1-3H3. The molecule has 1 unspecified atom stereocenters. The van der Waals surface area contributed by atoms with Crippen LogP contribution >= 0.6 is 0 Å². The van der Waals surface area contributed by atoms with Crippen LogP contribution in [0, 0.1) is 18.7 Å². The second-order valence-corrected chi connectivity index (χ2v) is 4.03. The summed E-state index contributed by atoms with van der Waals surface area (Å²) < 4.78 is 18.4. The molecule has 16 heavy (non-hydrogen) atoms. The van der Waals surface area contributed by atoms with Crippen molar-refractivity contribution in [3.05, 3.63) is 35.1 Å². The third-order valence-corrected chi connectivity index (χ3v) is 2.59. The summed E-state index contributed by atoms with van der Waals surface area (Å²) in [6.45, 7) is 4.15. The van der Waals surface area contributed by atoms with Gasteiger partial charge in [0.05, 0.1) is 5.56 Å². The molecule has 0 saturated heterocycles. The van der Waals surface area contributed by atoms with Crippen LogP contribution in [0.15, 0.2) is 18.2 Å². The fraction of sp³-hybridized carbons (Fsp3) is 0.462. The van der Waals surface area contributed by atoms with Gasteiger partial charge in [-0.05, 0) is 25.5 Å². The highest BCUT2D eigenvalue weighted by atomic mass is 19.1. The molecule has 0 aliphatic rings. The minimum absolute atomic E-state index is 0.154. The highest BCUT2D eigenvalue weighted by molar-refractivity contribution is 5.98. The molecule has 0 N–H and O–H groups in total. The Balaban J connectivity index is 2.83. The van der Waals surface area contributed by atoms with Crippen LogP contribution in [0.2, 0.25) is 0 Å². The number of carbonyl (C=O) groups excluding carboxylic acids is 1. The van der Waals surface area contributed by atoms with Gasteiger partial charge in [-0.1, -0.05) is 18.6 Å². The van der Waals surface area contributed by atoms with E-state index in [1.165, 1.54) is 6.07 Å². The average molecular weight is 224 g/mol. The molecule has 1 atom stereocenters. The van der Waals surface area contributed by atoms with Crippen molar-refractivity contribution in [3.63, 3.8) is 0 Å². The molecular weight excluding hydrogens is 207 g/mol. The van der Waals surface area contributed by atoms with Gasteiger partial charge in [-0.3, -0.25) is 4.79 Å². The Hall–Kier alpha value is -1.22. The van der Waals surface area contributed by atoms with Gasteiger partial charge in [-0.15, -0.1) is 0 Å². The summed E-state index contributed by atoms with van der Waals surface area (Å²) in [6.07, 6.45) is 0.614. The summed E-state index contributed by atoms with van der Waals surface area (Å²) >= 11 is 0. The lowest BCUT2D eigenvalue weighted by molar-refractivity contribution is 0.0889. The first-order valence-electron chi connectivity index (χ1n) is 5.35. The van der Waals surface area contributed by atoms with Crippen molar-refractivity contribution in [2.75, 3.05) is 13.7 Å². The van der Waals surface area contributed by atoms with Crippen LogP contribution in [0.4, 0.5) is 4.39 Å². The lowest BCUT2D eigenvalue weighted by atomic mass is 9.95. The van der Waals surface area contributed by atoms with Gasteiger partial charge in [-0.2, -0.15) is 0 Å². The Kier molecular flexibility index (Phi) is 4.62. The van der Waals surface area contributed by atoms with Crippen molar-refractivity contribution in [2.45, 2.75) is 20.3 Å². The first kappa shape index (κ1) is 12.8. The summed E-state index contributed by atoms with van der Waals surface area (Å²) in [6, 6.07) is 4.60. The molecule has 0 aliphatic carbocycles. The molecular formula is C13H17FO2. The number of methoxy groups -OCH3 is 1. The molecule has 0 fully saturated rings. The van der Waals surface area contributed by atoms with Crippen molar-refractivity contribution >= 4 is 5.78 Å². The zero-order valence-corrected chi connectivity index (χ0v) is 9.92. The number of hydrogen-bond donors (Lipinski definition) is 0. The number of ether oxygens (including phenoxy) is 1. The minimum atomic E-state index is -0.445. The molecule has 0 radical (unpaired) electrons. The largest absolute Gasteiger partial charge is 0.385 e. The predicted molar refractivity (Wildman–Crippen MR) is 61.1 cm³/mol. The number of halogens is 1. The topological polar surface area (TPSA) is 26.3 Å². The second kappa shape index (κ2) is 5.75. The maximum atomic E-state index is 13.5. The summed E-state index contributed by atoms with van der Waals surface area (Å²) in [5, 5.41) is 0. The van der Waals surface area contributed by atoms with Gasteiger partial charge < -0.3 is 4.74 Å². The van der Waals surface area contributed by atoms with Gasteiger partial charge in [0.1, 0.15) is 5.82 Å². The molecule has 0 bridgehead atoms. The van der Waals surface area contributed by atoms with Crippen LogP contribution in [-0.2, 0) is 4.74 Å². The van der Waals surface area contributed by atoms with Crippen LogP contribution in [-0.4, -0.2) is 19.5 Å². The highest BCUT2D eigenvalue weighted by Crippen LogP contribution is 2.16. The molecule has 0 saturated carbocycles. The highest BCUT2D eigenvalue weighted by Gasteiger charge is 2.18. The molecule has 1 aromatic rings. The Morgan fingerprint density at radius 1 is 1.50 bits per heavy atom. The Morgan fingerprint density at radius 2 is 2.19 bits per heavy atom. The van der Waals surface area contributed by atoms with E-state index < -0.39 is 5.82 Å². The van der Waals surface area contributed by atoms with Crippen molar-refractivity contribution in [2.24, 2.45) is 5.92 Å². The summed E-state index contributed by atoms with van der Waals surface area (Å²) in [5.41, 5.74) is 1.08. The molecule has 0 spiro atoms. The maximum Gasteiger partial charge on any atom is 0.168 e. The first-order valence-corrected chi connectivity index (χ1v) is 5.35. The van der Waals surface area contributed by atoms with Crippen molar-refractivity contribution in [3.8, 4) is 0 Å². The molecule has 1 aromatic carbocycles. The molecule has 0 heterocycles. The van der Waals surface area contributed by atoms with Crippen molar-refractivity contribution < 1.29 is 13.9 Å². The lowest BCUT2D eigenvalue weighted by Crippen LogP contribution is -2.15. The summed E-state index contributed by atoms with van der Waals surface area (Å²) in [7, 11) is 1.59. The van der Waals surface area contributed by atoms with Gasteiger partial charge in [0.2, 0.25) is 0 Å². The summed E-state index contributed by atoms with van der Waals surface area (Å²) in [4.78, 5) is 11.9. The van der Waals surface area contributed by atoms with Crippen LogP contribution in [0.25, 0.3) is 0 Å². The Labute approximate surface area is 95.4 Å². The number of carbonyl (C=O) groups is 1. The monoisotopic (exact) mass is 224 g/mol. The van der Waals surface area contributed by atoms with Gasteiger partial charge in [0, 0.05) is 19.6 Å². The Morgan fingerprint density at radius 3 is 2.81 bits per heavy atom. The molecule has 2 nitrogen and oxygen atoms in total. The second-order valence-electron chi connectivity index (χ2n) is 4.03. The average Bonchev–Trinajstić information content (AvgIpc) is 2.28.